The first-order chi connectivity index (χ1) is 11.4. The van der Waals surface area contributed by atoms with Crippen LogP contribution in [0.15, 0.2) is 0 Å². The Bertz CT molecular complexity index is 476. The van der Waals surface area contributed by atoms with Crippen LogP contribution in [0.5, 0.6) is 0 Å². The predicted octanol–water partition coefficient (Wildman–Crippen LogP) is -0.00680. The third kappa shape index (κ3) is 4.47. The van der Waals surface area contributed by atoms with Gasteiger partial charge in [-0.3, -0.25) is 14.4 Å². The molecular weight excluding hydrogens is 308 g/mol. The molecule has 2 aliphatic rings. The van der Waals surface area contributed by atoms with Crippen LogP contribution in [0.1, 0.15) is 45.4 Å². The van der Waals surface area contributed by atoms with Gasteiger partial charge in [-0.25, -0.2) is 0 Å². The van der Waals surface area contributed by atoms with E-state index < -0.39 is 18.0 Å². The Morgan fingerprint density at radius 1 is 1.21 bits per heavy atom. The maximum Gasteiger partial charge on any atom is 0.246 e. The summed E-state index contributed by atoms with van der Waals surface area (Å²) in [4.78, 5) is 38.5. The molecule has 136 valence electrons. The van der Waals surface area contributed by atoms with Gasteiger partial charge in [0.05, 0.1) is 6.54 Å². The van der Waals surface area contributed by atoms with Crippen molar-refractivity contribution in [3.63, 3.8) is 0 Å². The smallest absolute Gasteiger partial charge is 0.246 e. The molecule has 7 nitrogen and oxygen atoms in total. The van der Waals surface area contributed by atoms with Crippen molar-refractivity contribution >= 4 is 17.7 Å². The van der Waals surface area contributed by atoms with E-state index in [1.54, 1.807) is 11.9 Å². The van der Waals surface area contributed by atoms with Crippen LogP contribution < -0.4 is 16.4 Å². The van der Waals surface area contributed by atoms with Crippen LogP contribution in [0.4, 0.5) is 0 Å². The van der Waals surface area contributed by atoms with Gasteiger partial charge in [-0.2, -0.15) is 0 Å². The van der Waals surface area contributed by atoms with Crippen molar-refractivity contribution in [2.45, 2.75) is 57.5 Å². The zero-order valence-electron chi connectivity index (χ0n) is 14.7. The van der Waals surface area contributed by atoms with Gasteiger partial charge < -0.3 is 21.3 Å². The van der Waals surface area contributed by atoms with Gasteiger partial charge in [-0.05, 0) is 38.1 Å². The second kappa shape index (κ2) is 8.46. The van der Waals surface area contributed by atoms with Crippen LogP contribution in [-0.2, 0) is 14.4 Å². The Morgan fingerprint density at radius 2 is 1.88 bits per heavy atom. The minimum absolute atomic E-state index is 0.136. The standard InChI is InChI=1S/C17H30N4O3/c1-11-8-13(16(18)23)21(10-11)17(24)15(20-14(22)9-19-2)12-6-4-3-5-7-12/h11-13,15,19H,3-10H2,1-2H3,(H2,18,23)(H,20,22)/t11-,13-,15-/m0/s1. The second-order valence-corrected chi connectivity index (χ2v) is 7.22. The van der Waals surface area contributed by atoms with Gasteiger partial charge in [0.15, 0.2) is 0 Å². The molecule has 0 aromatic rings. The highest BCUT2D eigenvalue weighted by Gasteiger charge is 2.41. The lowest BCUT2D eigenvalue weighted by Crippen LogP contribution is -2.56. The first-order valence-corrected chi connectivity index (χ1v) is 8.97. The van der Waals surface area contributed by atoms with Crippen molar-refractivity contribution in [1.82, 2.24) is 15.5 Å². The van der Waals surface area contributed by atoms with Gasteiger partial charge in [0.25, 0.3) is 0 Å². The number of amides is 3. The number of hydrogen-bond donors (Lipinski definition) is 3. The van der Waals surface area contributed by atoms with Crippen LogP contribution in [0.3, 0.4) is 0 Å². The van der Waals surface area contributed by atoms with Gasteiger partial charge in [0, 0.05) is 6.54 Å². The van der Waals surface area contributed by atoms with Gasteiger partial charge in [-0.1, -0.05) is 26.2 Å². The molecule has 1 saturated carbocycles. The molecule has 7 heteroatoms. The molecule has 0 radical (unpaired) electrons. The summed E-state index contributed by atoms with van der Waals surface area (Å²) in [6.07, 6.45) is 5.79. The van der Waals surface area contributed by atoms with Crippen molar-refractivity contribution in [3.05, 3.63) is 0 Å². The SMILES string of the molecule is CNCC(=O)N[C@H](C(=O)N1C[C@@H](C)C[C@H]1C(N)=O)C1CCCCC1. The molecule has 4 N–H and O–H groups in total. The molecule has 3 atom stereocenters. The molecule has 24 heavy (non-hydrogen) atoms. The number of carbonyl (C=O) groups is 3. The second-order valence-electron chi connectivity index (χ2n) is 7.22. The maximum atomic E-state index is 13.1. The fourth-order valence-corrected chi connectivity index (χ4v) is 3.97. The molecule has 1 saturated heterocycles. The van der Waals surface area contributed by atoms with Crippen LogP contribution in [0.2, 0.25) is 0 Å². The van der Waals surface area contributed by atoms with Crippen molar-refractivity contribution < 1.29 is 14.4 Å². The van der Waals surface area contributed by atoms with Crippen LogP contribution in [0, 0.1) is 11.8 Å². The fourth-order valence-electron chi connectivity index (χ4n) is 3.97. The number of likely N-dealkylation sites (N-methyl/N-ethyl adjacent to an activating group) is 1. The van der Waals surface area contributed by atoms with E-state index in [9.17, 15) is 14.4 Å². The molecule has 3 amide bonds. The van der Waals surface area contributed by atoms with E-state index in [4.69, 9.17) is 5.73 Å². The molecule has 0 aromatic carbocycles. The Kier molecular flexibility index (Phi) is 6.60. The topological polar surface area (TPSA) is 105 Å². The van der Waals surface area contributed by atoms with Crippen LogP contribution >= 0.6 is 0 Å². The Balaban J connectivity index is 2.16. The fraction of sp³-hybridized carbons (Fsp3) is 0.824. The summed E-state index contributed by atoms with van der Waals surface area (Å²) in [6, 6.07) is -1.11. The van der Waals surface area contributed by atoms with E-state index in [1.807, 2.05) is 6.92 Å². The van der Waals surface area contributed by atoms with Crippen molar-refractivity contribution in [3.8, 4) is 0 Å². The Morgan fingerprint density at radius 3 is 2.46 bits per heavy atom. The average molecular weight is 338 g/mol. The summed E-state index contributed by atoms with van der Waals surface area (Å²) < 4.78 is 0. The highest BCUT2D eigenvalue weighted by Crippen LogP contribution is 2.30. The van der Waals surface area contributed by atoms with Gasteiger partial charge in [-0.15, -0.1) is 0 Å². The lowest BCUT2D eigenvalue weighted by Gasteiger charge is -2.34. The summed E-state index contributed by atoms with van der Waals surface area (Å²) in [6.45, 7) is 2.71. The minimum atomic E-state index is -0.557. The summed E-state index contributed by atoms with van der Waals surface area (Å²) in [5.41, 5.74) is 5.49. The molecule has 2 fully saturated rings. The zero-order valence-corrected chi connectivity index (χ0v) is 14.7. The zero-order chi connectivity index (χ0) is 17.7. The maximum absolute atomic E-state index is 13.1. The van der Waals surface area contributed by atoms with Gasteiger partial charge >= 0.3 is 0 Å². The van der Waals surface area contributed by atoms with Crippen molar-refractivity contribution in [2.24, 2.45) is 17.6 Å². The van der Waals surface area contributed by atoms with E-state index in [1.165, 1.54) is 6.42 Å². The third-order valence-corrected chi connectivity index (χ3v) is 5.16. The molecule has 0 spiro atoms. The number of likely N-dealkylation sites (tertiary alicyclic amines) is 1. The number of nitrogens with two attached hydrogens (primary N) is 1. The van der Waals surface area contributed by atoms with E-state index >= 15 is 0 Å². The third-order valence-electron chi connectivity index (χ3n) is 5.16. The van der Waals surface area contributed by atoms with Gasteiger partial charge in [0.1, 0.15) is 12.1 Å². The van der Waals surface area contributed by atoms with E-state index in [-0.39, 0.29) is 30.2 Å². The molecule has 0 aromatic heterocycles. The average Bonchev–Trinajstić information content (AvgIpc) is 2.95. The van der Waals surface area contributed by atoms with E-state index in [2.05, 4.69) is 10.6 Å². The van der Waals surface area contributed by atoms with E-state index in [0.717, 1.165) is 25.7 Å². The quantitative estimate of drug-likeness (QED) is 0.634. The normalized spacial score (nSPS) is 26.2. The summed E-state index contributed by atoms with van der Waals surface area (Å²) in [5.74, 6) is -0.427. The molecule has 1 aliphatic carbocycles. The molecule has 0 bridgehead atoms. The Hall–Kier alpha value is -1.63. The summed E-state index contributed by atoms with van der Waals surface area (Å²) >= 11 is 0. The first-order valence-electron chi connectivity index (χ1n) is 8.97. The largest absolute Gasteiger partial charge is 0.368 e. The monoisotopic (exact) mass is 338 g/mol. The predicted molar refractivity (Wildman–Crippen MR) is 90.9 cm³/mol. The number of carbonyl (C=O) groups excluding carboxylic acids is 3. The number of nitrogens with zero attached hydrogens (tertiary/aromatic N) is 1. The lowest BCUT2D eigenvalue weighted by atomic mass is 9.83. The number of primary amides is 1. The summed E-state index contributed by atoms with van der Waals surface area (Å²) in [7, 11) is 1.70. The van der Waals surface area contributed by atoms with E-state index in [0.29, 0.717) is 13.0 Å². The summed E-state index contributed by atoms with van der Waals surface area (Å²) in [5, 5.41) is 5.70. The molecule has 1 heterocycles. The molecule has 2 rings (SSSR count). The molecule has 0 unspecified atom stereocenters. The van der Waals surface area contributed by atoms with Crippen LogP contribution in [0.25, 0.3) is 0 Å². The Labute approximate surface area is 143 Å². The highest BCUT2D eigenvalue weighted by atomic mass is 16.2. The highest BCUT2D eigenvalue weighted by molar-refractivity contribution is 5.92. The number of hydrogen-bond acceptors (Lipinski definition) is 4. The lowest BCUT2D eigenvalue weighted by molar-refractivity contribution is -0.142. The van der Waals surface area contributed by atoms with Crippen molar-refractivity contribution in [1.29, 1.82) is 0 Å². The molecular formula is C17H30N4O3. The number of nitrogens with one attached hydrogen (secondary N) is 2. The first kappa shape index (κ1) is 18.7. The minimum Gasteiger partial charge on any atom is -0.368 e. The van der Waals surface area contributed by atoms with Crippen molar-refractivity contribution in [2.75, 3.05) is 20.1 Å². The van der Waals surface area contributed by atoms with Crippen LogP contribution in [-0.4, -0.2) is 54.8 Å². The van der Waals surface area contributed by atoms with Gasteiger partial charge in [0.2, 0.25) is 17.7 Å². The number of rotatable bonds is 6. The molecule has 1 aliphatic heterocycles.